The Morgan fingerprint density at radius 3 is 3.07 bits per heavy atom. The van der Waals surface area contributed by atoms with Gasteiger partial charge in [0.05, 0.1) is 6.61 Å². The molecule has 0 radical (unpaired) electrons. The van der Waals surface area contributed by atoms with Crippen LogP contribution in [0.5, 0.6) is 0 Å². The third-order valence-electron chi connectivity index (χ3n) is 1.36. The molecule has 1 aromatic rings. The number of nitrogens with one attached hydrogen (secondary N) is 1. The van der Waals surface area contributed by atoms with Gasteiger partial charge in [0.15, 0.2) is 0 Å². The number of nitrogens with zero attached hydrogens (tertiary/aromatic N) is 1. The maximum absolute atomic E-state index is 13.1. The standard InChI is InChI=1S/C8H8FIN2O2/c1-2-14-8(13)12-6-5(10)3-4-11-7(6)9/h3-4H,2H2,1H3,(H,12,13). The van der Waals surface area contributed by atoms with Crippen LogP contribution in [0.4, 0.5) is 14.9 Å². The molecular weight excluding hydrogens is 302 g/mol. The molecule has 14 heavy (non-hydrogen) atoms. The van der Waals surface area contributed by atoms with Crippen molar-refractivity contribution >= 4 is 34.4 Å². The number of hydrogen-bond acceptors (Lipinski definition) is 3. The number of carbonyl (C=O) groups is 1. The number of hydrogen-bond donors (Lipinski definition) is 1. The van der Waals surface area contributed by atoms with Crippen LogP contribution >= 0.6 is 22.6 Å². The average molecular weight is 310 g/mol. The van der Waals surface area contributed by atoms with Crippen LogP contribution in [-0.2, 0) is 4.74 Å². The lowest BCUT2D eigenvalue weighted by Gasteiger charge is -2.06. The lowest BCUT2D eigenvalue weighted by Crippen LogP contribution is -2.15. The van der Waals surface area contributed by atoms with Crippen molar-refractivity contribution in [3.63, 3.8) is 0 Å². The lowest BCUT2D eigenvalue weighted by atomic mass is 10.4. The first-order valence-corrected chi connectivity index (χ1v) is 4.96. The largest absolute Gasteiger partial charge is 0.450 e. The summed E-state index contributed by atoms with van der Waals surface area (Å²) in [4.78, 5) is 14.4. The van der Waals surface area contributed by atoms with Gasteiger partial charge in [0.25, 0.3) is 0 Å². The first kappa shape index (κ1) is 11.2. The number of ether oxygens (including phenoxy) is 1. The first-order chi connectivity index (χ1) is 6.65. The number of rotatable bonds is 2. The van der Waals surface area contributed by atoms with E-state index < -0.39 is 12.0 Å². The van der Waals surface area contributed by atoms with E-state index in [-0.39, 0.29) is 12.3 Å². The highest BCUT2D eigenvalue weighted by molar-refractivity contribution is 14.1. The molecule has 0 saturated heterocycles. The molecule has 1 rings (SSSR count). The second-order valence-corrected chi connectivity index (χ2v) is 3.47. The SMILES string of the molecule is CCOC(=O)Nc1c(I)ccnc1F. The van der Waals surface area contributed by atoms with Gasteiger partial charge in [-0.05, 0) is 35.6 Å². The Labute approximate surface area is 94.0 Å². The van der Waals surface area contributed by atoms with Gasteiger partial charge in [-0.1, -0.05) is 0 Å². The molecule has 0 aromatic carbocycles. The predicted octanol–water partition coefficient (Wildman–Crippen LogP) is 2.39. The summed E-state index contributed by atoms with van der Waals surface area (Å²) < 4.78 is 18.2. The molecule has 1 amide bonds. The molecule has 1 N–H and O–H groups in total. The molecule has 0 bridgehead atoms. The second kappa shape index (κ2) is 5.08. The van der Waals surface area contributed by atoms with Gasteiger partial charge in [-0.25, -0.2) is 9.78 Å². The minimum atomic E-state index is -0.718. The summed E-state index contributed by atoms with van der Waals surface area (Å²) in [7, 11) is 0. The second-order valence-electron chi connectivity index (χ2n) is 2.30. The highest BCUT2D eigenvalue weighted by Crippen LogP contribution is 2.19. The van der Waals surface area contributed by atoms with Gasteiger partial charge >= 0.3 is 6.09 Å². The smallest absolute Gasteiger partial charge is 0.411 e. The molecule has 0 aliphatic carbocycles. The van der Waals surface area contributed by atoms with Crippen molar-refractivity contribution in [2.75, 3.05) is 11.9 Å². The van der Waals surface area contributed by atoms with Crippen LogP contribution in [0.2, 0.25) is 0 Å². The molecule has 0 spiro atoms. The zero-order valence-electron chi connectivity index (χ0n) is 7.38. The Morgan fingerprint density at radius 2 is 2.50 bits per heavy atom. The van der Waals surface area contributed by atoms with E-state index in [4.69, 9.17) is 0 Å². The maximum Gasteiger partial charge on any atom is 0.411 e. The number of anilines is 1. The van der Waals surface area contributed by atoms with E-state index in [9.17, 15) is 9.18 Å². The van der Waals surface area contributed by atoms with Crippen molar-refractivity contribution in [1.29, 1.82) is 0 Å². The third kappa shape index (κ3) is 2.79. The van der Waals surface area contributed by atoms with Crippen LogP contribution in [-0.4, -0.2) is 17.7 Å². The minimum Gasteiger partial charge on any atom is -0.450 e. The molecule has 0 aliphatic rings. The summed E-state index contributed by atoms with van der Waals surface area (Å²) in [6.07, 6.45) is 0.644. The minimum absolute atomic E-state index is 0.0477. The molecule has 4 nitrogen and oxygen atoms in total. The van der Waals surface area contributed by atoms with Crippen molar-refractivity contribution in [1.82, 2.24) is 4.98 Å². The fourth-order valence-electron chi connectivity index (χ4n) is 0.795. The molecule has 0 atom stereocenters. The average Bonchev–Trinajstić information content (AvgIpc) is 2.12. The van der Waals surface area contributed by atoms with Crippen LogP contribution in [0, 0.1) is 9.52 Å². The third-order valence-corrected chi connectivity index (χ3v) is 2.26. The zero-order chi connectivity index (χ0) is 10.6. The van der Waals surface area contributed by atoms with E-state index in [2.05, 4.69) is 15.0 Å². The number of amides is 1. The quantitative estimate of drug-likeness (QED) is 0.674. The van der Waals surface area contributed by atoms with Crippen molar-refractivity contribution in [2.24, 2.45) is 0 Å². The van der Waals surface area contributed by atoms with Gasteiger partial charge in [-0.2, -0.15) is 4.39 Å². The zero-order valence-corrected chi connectivity index (χ0v) is 9.54. The summed E-state index contributed by atoms with van der Waals surface area (Å²) in [5.41, 5.74) is 0.0477. The first-order valence-electron chi connectivity index (χ1n) is 3.89. The highest BCUT2D eigenvalue weighted by Gasteiger charge is 2.11. The lowest BCUT2D eigenvalue weighted by molar-refractivity contribution is 0.167. The number of pyridine rings is 1. The van der Waals surface area contributed by atoms with Crippen molar-refractivity contribution in [3.8, 4) is 0 Å². The normalized spacial score (nSPS) is 9.64. The molecule has 6 heteroatoms. The van der Waals surface area contributed by atoms with Gasteiger partial charge in [0.1, 0.15) is 5.69 Å². The van der Waals surface area contributed by atoms with Gasteiger partial charge in [-0.3, -0.25) is 5.32 Å². The van der Waals surface area contributed by atoms with Crippen molar-refractivity contribution < 1.29 is 13.9 Å². The molecule has 76 valence electrons. The molecule has 0 saturated carbocycles. The predicted molar refractivity (Wildman–Crippen MR) is 57.6 cm³/mol. The molecule has 0 fully saturated rings. The highest BCUT2D eigenvalue weighted by atomic mass is 127. The van der Waals surface area contributed by atoms with Gasteiger partial charge in [-0.15, -0.1) is 0 Å². The molecule has 0 unspecified atom stereocenters. The van der Waals surface area contributed by atoms with Crippen LogP contribution in [0.3, 0.4) is 0 Å². The van der Waals surface area contributed by atoms with Crippen molar-refractivity contribution in [3.05, 3.63) is 21.8 Å². The molecule has 1 heterocycles. The summed E-state index contributed by atoms with van der Waals surface area (Å²) >= 11 is 1.90. The molecule has 1 aromatic heterocycles. The summed E-state index contributed by atoms with van der Waals surface area (Å²) in [6.45, 7) is 1.91. The topological polar surface area (TPSA) is 51.2 Å². The number of aromatic nitrogens is 1. The molecule has 0 aliphatic heterocycles. The fourth-order valence-corrected chi connectivity index (χ4v) is 1.31. The Hall–Kier alpha value is -0.920. The van der Waals surface area contributed by atoms with Crippen LogP contribution in [0.15, 0.2) is 12.3 Å². The Bertz CT molecular complexity index is 326. The van der Waals surface area contributed by atoms with Crippen LogP contribution in [0.1, 0.15) is 6.92 Å². The van der Waals surface area contributed by atoms with Crippen molar-refractivity contribution in [2.45, 2.75) is 6.92 Å². The van der Waals surface area contributed by atoms with Crippen LogP contribution < -0.4 is 5.32 Å². The van der Waals surface area contributed by atoms with Gasteiger partial charge in [0.2, 0.25) is 5.95 Å². The Balaban J connectivity index is 2.80. The van der Waals surface area contributed by atoms with Gasteiger partial charge in [0, 0.05) is 9.77 Å². The Kier molecular flexibility index (Phi) is 4.05. The summed E-state index contributed by atoms with van der Waals surface area (Å²) in [5.74, 6) is -0.718. The van der Waals surface area contributed by atoms with E-state index >= 15 is 0 Å². The van der Waals surface area contributed by atoms with E-state index in [1.54, 1.807) is 13.0 Å². The fraction of sp³-hybridized carbons (Fsp3) is 0.250. The summed E-state index contributed by atoms with van der Waals surface area (Å²) in [6, 6.07) is 1.59. The van der Waals surface area contributed by atoms with E-state index in [1.807, 2.05) is 22.6 Å². The van der Waals surface area contributed by atoms with Gasteiger partial charge < -0.3 is 4.74 Å². The van der Waals surface area contributed by atoms with E-state index in [1.165, 1.54) is 6.20 Å². The maximum atomic E-state index is 13.1. The van der Waals surface area contributed by atoms with E-state index in [0.29, 0.717) is 3.57 Å². The Morgan fingerprint density at radius 1 is 1.79 bits per heavy atom. The monoisotopic (exact) mass is 310 g/mol. The number of carbonyl (C=O) groups excluding carboxylic acids is 1. The number of halogens is 2. The molecular formula is C8H8FIN2O2. The van der Waals surface area contributed by atoms with E-state index in [0.717, 1.165) is 0 Å². The van der Waals surface area contributed by atoms with Crippen LogP contribution in [0.25, 0.3) is 0 Å². The summed E-state index contributed by atoms with van der Waals surface area (Å²) in [5, 5.41) is 2.27.